The number of ether oxygens (including phenoxy) is 1. The van der Waals surface area contributed by atoms with Gasteiger partial charge in [0.25, 0.3) is 5.88 Å². The first kappa shape index (κ1) is 10.0. The van der Waals surface area contributed by atoms with Gasteiger partial charge in [-0.2, -0.15) is 10.1 Å². The summed E-state index contributed by atoms with van der Waals surface area (Å²) in [5, 5.41) is 19.8. The van der Waals surface area contributed by atoms with E-state index in [1.807, 2.05) is 0 Å². The molecule has 8 heteroatoms. The topological polar surface area (TPSA) is 103 Å². The Morgan fingerprint density at radius 2 is 2.38 bits per heavy atom. The lowest BCUT2D eigenvalue weighted by atomic mass is 10.3. The third-order valence-corrected chi connectivity index (χ3v) is 1.68. The van der Waals surface area contributed by atoms with E-state index in [4.69, 9.17) is 9.84 Å². The van der Waals surface area contributed by atoms with Gasteiger partial charge in [0.05, 0.1) is 6.20 Å². The summed E-state index contributed by atoms with van der Waals surface area (Å²) < 4.78 is 6.52. The summed E-state index contributed by atoms with van der Waals surface area (Å²) in [7, 11) is 1.66. The van der Waals surface area contributed by atoms with Gasteiger partial charge < -0.3 is 9.84 Å². The van der Waals surface area contributed by atoms with Crippen molar-refractivity contribution >= 4 is 5.97 Å². The normalized spacial score (nSPS) is 10.1. The molecule has 0 aromatic carbocycles. The van der Waals surface area contributed by atoms with Crippen LogP contribution in [0.15, 0.2) is 18.6 Å². The fraction of sp³-hybridized carbons (Fsp3) is 0.125. The van der Waals surface area contributed by atoms with Crippen LogP contribution < -0.4 is 4.74 Å². The molecule has 0 saturated heterocycles. The van der Waals surface area contributed by atoms with E-state index in [9.17, 15) is 4.79 Å². The molecule has 82 valence electrons. The van der Waals surface area contributed by atoms with E-state index in [1.54, 1.807) is 7.05 Å². The number of aromatic carboxylic acids is 1. The van der Waals surface area contributed by atoms with Gasteiger partial charge in [-0.25, -0.2) is 4.79 Å². The highest BCUT2D eigenvalue weighted by atomic mass is 16.5. The predicted molar refractivity (Wildman–Crippen MR) is 50.1 cm³/mol. The number of hydrogen-bond donors (Lipinski definition) is 1. The Morgan fingerprint density at radius 1 is 1.56 bits per heavy atom. The molecule has 0 radical (unpaired) electrons. The zero-order valence-electron chi connectivity index (χ0n) is 8.23. The highest BCUT2D eigenvalue weighted by molar-refractivity contribution is 5.89. The molecule has 0 amide bonds. The molecule has 0 aliphatic rings. The largest absolute Gasteiger partial charge is 0.477 e. The molecule has 2 rings (SSSR count). The molecule has 0 saturated carbocycles. The SMILES string of the molecule is Cn1cnc(Oc2nnccc2C(=O)O)n1. The lowest BCUT2D eigenvalue weighted by Crippen LogP contribution is -2.03. The van der Waals surface area contributed by atoms with Gasteiger partial charge in [-0.05, 0) is 6.07 Å². The predicted octanol–water partition coefficient (Wildman–Crippen LogP) is 0.0956. The van der Waals surface area contributed by atoms with Gasteiger partial charge in [0.1, 0.15) is 11.9 Å². The molecule has 2 aromatic heterocycles. The second-order valence-electron chi connectivity index (χ2n) is 2.86. The summed E-state index contributed by atoms with van der Waals surface area (Å²) in [5.41, 5.74) is -0.0950. The lowest BCUT2D eigenvalue weighted by molar-refractivity contribution is 0.0693. The highest BCUT2D eigenvalue weighted by Gasteiger charge is 2.14. The van der Waals surface area contributed by atoms with E-state index < -0.39 is 5.97 Å². The van der Waals surface area contributed by atoms with Crippen molar-refractivity contribution in [3.05, 3.63) is 24.2 Å². The summed E-state index contributed by atoms with van der Waals surface area (Å²) in [6, 6.07) is 1.30. The van der Waals surface area contributed by atoms with Crippen LogP contribution in [0.4, 0.5) is 0 Å². The van der Waals surface area contributed by atoms with Crippen molar-refractivity contribution < 1.29 is 14.6 Å². The van der Waals surface area contributed by atoms with E-state index in [2.05, 4.69) is 20.3 Å². The maximum absolute atomic E-state index is 10.8. The van der Waals surface area contributed by atoms with Crippen LogP contribution in [0.5, 0.6) is 11.9 Å². The summed E-state index contributed by atoms with van der Waals surface area (Å²) in [6.07, 6.45) is 2.69. The Labute approximate surface area is 89.5 Å². The maximum Gasteiger partial charge on any atom is 0.342 e. The van der Waals surface area contributed by atoms with Crippen molar-refractivity contribution in [1.82, 2.24) is 25.0 Å². The standard InChI is InChI=1S/C8H7N5O3/c1-13-4-9-8(12-13)16-6-5(7(14)15)2-3-10-11-6/h2-4H,1H3,(H,14,15). The quantitative estimate of drug-likeness (QED) is 0.783. The molecule has 1 N–H and O–H groups in total. The van der Waals surface area contributed by atoms with Crippen LogP contribution in [0.1, 0.15) is 10.4 Å². The first-order valence-electron chi connectivity index (χ1n) is 4.25. The number of nitrogens with zero attached hydrogens (tertiary/aromatic N) is 5. The zero-order chi connectivity index (χ0) is 11.5. The fourth-order valence-corrected chi connectivity index (χ4v) is 1.01. The van der Waals surface area contributed by atoms with Gasteiger partial charge in [0.15, 0.2) is 0 Å². The molecule has 8 nitrogen and oxygen atoms in total. The van der Waals surface area contributed by atoms with Crippen molar-refractivity contribution in [1.29, 1.82) is 0 Å². The van der Waals surface area contributed by atoms with E-state index in [-0.39, 0.29) is 17.5 Å². The van der Waals surface area contributed by atoms with Gasteiger partial charge in [-0.3, -0.25) is 4.68 Å². The van der Waals surface area contributed by atoms with Crippen molar-refractivity contribution in [3.63, 3.8) is 0 Å². The van der Waals surface area contributed by atoms with Crippen molar-refractivity contribution in [2.45, 2.75) is 0 Å². The van der Waals surface area contributed by atoms with E-state index in [1.165, 1.54) is 23.3 Å². The minimum atomic E-state index is -1.15. The van der Waals surface area contributed by atoms with Crippen LogP contribution in [0.2, 0.25) is 0 Å². The van der Waals surface area contributed by atoms with Crippen LogP contribution >= 0.6 is 0 Å². The van der Waals surface area contributed by atoms with Crippen LogP contribution in [0.25, 0.3) is 0 Å². The zero-order valence-corrected chi connectivity index (χ0v) is 8.23. The molecule has 0 fully saturated rings. The molecular weight excluding hydrogens is 214 g/mol. The Bertz CT molecular complexity index is 524. The van der Waals surface area contributed by atoms with Gasteiger partial charge >= 0.3 is 12.0 Å². The number of aromatic nitrogens is 5. The summed E-state index contributed by atoms with van der Waals surface area (Å²) >= 11 is 0. The fourth-order valence-electron chi connectivity index (χ4n) is 1.01. The van der Waals surface area contributed by atoms with Crippen LogP contribution in [-0.2, 0) is 7.05 Å². The van der Waals surface area contributed by atoms with E-state index in [0.717, 1.165) is 0 Å². The van der Waals surface area contributed by atoms with Crippen LogP contribution in [0.3, 0.4) is 0 Å². The Kier molecular flexibility index (Phi) is 2.46. The van der Waals surface area contributed by atoms with Crippen LogP contribution in [-0.4, -0.2) is 36.0 Å². The highest BCUT2D eigenvalue weighted by Crippen LogP contribution is 2.18. The molecule has 0 atom stereocenters. The molecule has 0 bridgehead atoms. The summed E-state index contributed by atoms with van der Waals surface area (Å²) in [6.45, 7) is 0. The summed E-state index contributed by atoms with van der Waals surface area (Å²) in [4.78, 5) is 14.6. The first-order valence-corrected chi connectivity index (χ1v) is 4.25. The third kappa shape index (κ3) is 1.95. The average Bonchev–Trinajstić information content (AvgIpc) is 2.64. The van der Waals surface area contributed by atoms with Crippen LogP contribution in [0, 0.1) is 0 Å². The minimum Gasteiger partial charge on any atom is -0.477 e. The molecule has 2 heterocycles. The van der Waals surface area contributed by atoms with E-state index in [0.29, 0.717) is 0 Å². The molecule has 16 heavy (non-hydrogen) atoms. The van der Waals surface area contributed by atoms with Gasteiger partial charge in [0.2, 0.25) is 0 Å². The van der Waals surface area contributed by atoms with Gasteiger partial charge in [0, 0.05) is 7.05 Å². The number of hydrogen-bond acceptors (Lipinski definition) is 6. The molecule has 0 unspecified atom stereocenters. The van der Waals surface area contributed by atoms with Crippen molar-refractivity contribution in [2.75, 3.05) is 0 Å². The Morgan fingerprint density at radius 3 is 3.00 bits per heavy atom. The molecule has 2 aromatic rings. The Hall–Kier alpha value is -2.51. The molecule has 0 aliphatic carbocycles. The number of carboxylic acid groups (broad SMARTS) is 1. The smallest absolute Gasteiger partial charge is 0.342 e. The van der Waals surface area contributed by atoms with Gasteiger partial charge in [-0.15, -0.1) is 10.2 Å². The lowest BCUT2D eigenvalue weighted by Gasteiger charge is -2.01. The summed E-state index contributed by atoms with van der Waals surface area (Å²) in [5.74, 6) is -1.29. The molecular formula is C8H7N5O3. The van der Waals surface area contributed by atoms with E-state index >= 15 is 0 Å². The van der Waals surface area contributed by atoms with Crippen molar-refractivity contribution in [2.24, 2.45) is 7.05 Å². The van der Waals surface area contributed by atoms with Gasteiger partial charge in [-0.1, -0.05) is 0 Å². The third-order valence-electron chi connectivity index (χ3n) is 1.68. The number of carboxylic acids is 1. The second kappa shape index (κ2) is 3.93. The van der Waals surface area contributed by atoms with Crippen molar-refractivity contribution in [3.8, 4) is 11.9 Å². The maximum atomic E-state index is 10.8. The number of aryl methyl sites for hydroxylation is 1. The minimum absolute atomic E-state index is 0.0190. The number of rotatable bonds is 3. The number of carbonyl (C=O) groups is 1. The Balaban J connectivity index is 2.31. The monoisotopic (exact) mass is 221 g/mol. The first-order chi connectivity index (χ1) is 7.66. The average molecular weight is 221 g/mol. The second-order valence-corrected chi connectivity index (χ2v) is 2.86. The molecule has 0 aliphatic heterocycles. The molecule has 0 spiro atoms.